The van der Waals surface area contributed by atoms with Crippen molar-refractivity contribution in [2.75, 3.05) is 7.11 Å². The molecule has 2 atom stereocenters. The van der Waals surface area contributed by atoms with E-state index in [1.807, 2.05) is 20.8 Å². The lowest BCUT2D eigenvalue weighted by Crippen LogP contribution is -2.51. The first kappa shape index (κ1) is 16.0. The van der Waals surface area contributed by atoms with Crippen LogP contribution in [0.2, 0.25) is 0 Å². The van der Waals surface area contributed by atoms with Gasteiger partial charge in [-0.2, -0.15) is 0 Å². The molecule has 0 radical (unpaired) electrons. The quantitative estimate of drug-likeness (QED) is 0.639. The van der Waals surface area contributed by atoms with Gasteiger partial charge in [-0.15, -0.1) is 0 Å². The topological polar surface area (TPSA) is 47.3 Å². The number of methoxy groups -OCH3 is 1. The van der Waals surface area contributed by atoms with Crippen molar-refractivity contribution in [3.8, 4) is 0 Å². The molecule has 19 heavy (non-hydrogen) atoms. The van der Waals surface area contributed by atoms with E-state index in [2.05, 4.69) is 5.43 Å². The third kappa shape index (κ3) is 3.96. The highest BCUT2D eigenvalue weighted by atomic mass is 19.2. The summed E-state index contributed by atoms with van der Waals surface area (Å²) in [6, 6.07) is 3.83. The molecular weight excluding hydrogens is 250 g/mol. The van der Waals surface area contributed by atoms with E-state index in [-0.39, 0.29) is 29.5 Å². The minimum absolute atomic E-state index is 0.171. The van der Waals surface area contributed by atoms with E-state index in [0.717, 1.165) is 6.07 Å². The molecule has 0 spiro atoms. The van der Waals surface area contributed by atoms with Gasteiger partial charge in [-0.3, -0.25) is 11.3 Å². The van der Waals surface area contributed by atoms with Crippen LogP contribution in [0.5, 0.6) is 0 Å². The fourth-order valence-electron chi connectivity index (χ4n) is 2.32. The number of ether oxygens (including phenoxy) is 1. The second-order valence-corrected chi connectivity index (χ2v) is 5.71. The molecule has 1 aromatic carbocycles. The Bertz CT molecular complexity index is 418. The van der Waals surface area contributed by atoms with Crippen LogP contribution < -0.4 is 11.3 Å². The van der Waals surface area contributed by atoms with Crippen LogP contribution in [0.15, 0.2) is 18.2 Å². The van der Waals surface area contributed by atoms with Crippen LogP contribution in [0.4, 0.5) is 8.78 Å². The van der Waals surface area contributed by atoms with Gasteiger partial charge in [0.25, 0.3) is 0 Å². The first-order valence-electron chi connectivity index (χ1n) is 6.23. The van der Waals surface area contributed by atoms with Gasteiger partial charge in [0.1, 0.15) is 0 Å². The Balaban J connectivity index is 2.96. The maximum atomic E-state index is 13.7. The van der Waals surface area contributed by atoms with E-state index < -0.39 is 11.6 Å². The first-order chi connectivity index (χ1) is 8.81. The highest BCUT2D eigenvalue weighted by Gasteiger charge is 2.32. The predicted molar refractivity (Wildman–Crippen MR) is 71.4 cm³/mol. The summed E-state index contributed by atoms with van der Waals surface area (Å²) in [7, 11) is 1.59. The molecule has 3 N–H and O–H groups in total. The second kappa shape index (κ2) is 6.41. The van der Waals surface area contributed by atoms with E-state index in [9.17, 15) is 8.78 Å². The number of hydrogen-bond donors (Lipinski definition) is 2. The number of nitrogens with two attached hydrogens (primary N) is 1. The van der Waals surface area contributed by atoms with E-state index in [0.29, 0.717) is 0 Å². The minimum Gasteiger partial charge on any atom is -0.379 e. The lowest BCUT2D eigenvalue weighted by atomic mass is 9.82. The van der Waals surface area contributed by atoms with Crippen LogP contribution in [0, 0.1) is 17.0 Å². The smallest absolute Gasteiger partial charge is 0.162 e. The minimum atomic E-state index is -0.849. The van der Waals surface area contributed by atoms with Crippen LogP contribution in [-0.4, -0.2) is 19.3 Å². The SMILES string of the molecule is COC(C(Cc1cccc(F)c1F)NN)C(C)(C)C. The van der Waals surface area contributed by atoms with Crippen molar-refractivity contribution in [1.82, 2.24) is 5.43 Å². The summed E-state index contributed by atoms with van der Waals surface area (Å²) in [6.07, 6.45) is 0.0377. The summed E-state index contributed by atoms with van der Waals surface area (Å²) in [5, 5.41) is 0. The van der Waals surface area contributed by atoms with Gasteiger partial charge in [-0.05, 0) is 23.5 Å². The normalized spacial score (nSPS) is 15.3. The van der Waals surface area contributed by atoms with Gasteiger partial charge in [0, 0.05) is 7.11 Å². The largest absolute Gasteiger partial charge is 0.379 e. The predicted octanol–water partition coefficient (Wildman–Crippen LogP) is 2.40. The summed E-state index contributed by atoms with van der Waals surface area (Å²) in [5.74, 6) is 3.86. The van der Waals surface area contributed by atoms with Gasteiger partial charge in [0.05, 0.1) is 12.1 Å². The van der Waals surface area contributed by atoms with Crippen molar-refractivity contribution in [3.05, 3.63) is 35.4 Å². The molecule has 0 heterocycles. The van der Waals surface area contributed by atoms with Gasteiger partial charge < -0.3 is 4.74 Å². The molecule has 0 aliphatic heterocycles. The summed E-state index contributed by atoms with van der Waals surface area (Å²) >= 11 is 0. The summed E-state index contributed by atoms with van der Waals surface area (Å²) in [4.78, 5) is 0. The molecule has 0 amide bonds. The molecule has 1 rings (SSSR count). The van der Waals surface area contributed by atoms with E-state index in [4.69, 9.17) is 10.6 Å². The zero-order chi connectivity index (χ0) is 14.6. The highest BCUT2D eigenvalue weighted by molar-refractivity contribution is 5.20. The number of hydrogen-bond acceptors (Lipinski definition) is 3. The summed E-state index contributed by atoms with van der Waals surface area (Å²) < 4.78 is 32.3. The third-order valence-electron chi connectivity index (χ3n) is 3.16. The highest BCUT2D eigenvalue weighted by Crippen LogP contribution is 2.26. The third-order valence-corrected chi connectivity index (χ3v) is 3.16. The van der Waals surface area contributed by atoms with Crippen molar-refractivity contribution < 1.29 is 13.5 Å². The number of halogens is 2. The maximum absolute atomic E-state index is 13.7. The van der Waals surface area contributed by atoms with Gasteiger partial charge in [0.15, 0.2) is 11.6 Å². The Morgan fingerprint density at radius 3 is 2.42 bits per heavy atom. The molecule has 0 fully saturated rings. The lowest BCUT2D eigenvalue weighted by Gasteiger charge is -2.35. The van der Waals surface area contributed by atoms with Crippen molar-refractivity contribution in [3.63, 3.8) is 0 Å². The average Bonchev–Trinajstić information content (AvgIpc) is 2.32. The molecule has 0 saturated carbocycles. The number of benzene rings is 1. The Hall–Kier alpha value is -1.04. The second-order valence-electron chi connectivity index (χ2n) is 5.71. The van der Waals surface area contributed by atoms with Crippen LogP contribution in [-0.2, 0) is 11.2 Å². The van der Waals surface area contributed by atoms with E-state index in [1.165, 1.54) is 6.07 Å². The molecular formula is C14H22F2N2O. The van der Waals surface area contributed by atoms with Gasteiger partial charge >= 0.3 is 0 Å². The molecule has 0 aliphatic rings. The fourth-order valence-corrected chi connectivity index (χ4v) is 2.32. The van der Waals surface area contributed by atoms with Gasteiger partial charge in [-0.25, -0.2) is 8.78 Å². The molecule has 108 valence electrons. The standard InChI is InChI=1S/C14H22F2N2O/c1-14(2,3)13(19-4)11(18-17)8-9-6-5-7-10(15)12(9)16/h5-7,11,13,18H,8,17H2,1-4H3. The van der Waals surface area contributed by atoms with Crippen molar-refractivity contribution >= 4 is 0 Å². The van der Waals surface area contributed by atoms with Gasteiger partial charge in [0.2, 0.25) is 0 Å². The fraction of sp³-hybridized carbons (Fsp3) is 0.571. The van der Waals surface area contributed by atoms with Crippen LogP contribution >= 0.6 is 0 Å². The van der Waals surface area contributed by atoms with Crippen LogP contribution in [0.3, 0.4) is 0 Å². The molecule has 2 unspecified atom stereocenters. The van der Waals surface area contributed by atoms with Gasteiger partial charge in [-0.1, -0.05) is 32.9 Å². The Labute approximate surface area is 113 Å². The Morgan fingerprint density at radius 1 is 1.32 bits per heavy atom. The zero-order valence-corrected chi connectivity index (χ0v) is 11.8. The molecule has 0 bridgehead atoms. The molecule has 0 aliphatic carbocycles. The monoisotopic (exact) mass is 272 g/mol. The first-order valence-corrected chi connectivity index (χ1v) is 6.23. The number of nitrogens with one attached hydrogen (secondary N) is 1. The van der Waals surface area contributed by atoms with Crippen molar-refractivity contribution in [2.24, 2.45) is 11.3 Å². The zero-order valence-electron chi connectivity index (χ0n) is 11.8. The molecule has 0 saturated heterocycles. The van der Waals surface area contributed by atoms with Crippen molar-refractivity contribution in [1.29, 1.82) is 0 Å². The summed E-state index contributed by atoms with van der Waals surface area (Å²) in [5.41, 5.74) is 2.76. The summed E-state index contributed by atoms with van der Waals surface area (Å²) in [6.45, 7) is 6.02. The molecule has 5 heteroatoms. The number of hydrazine groups is 1. The molecule has 1 aromatic rings. The van der Waals surface area contributed by atoms with Crippen LogP contribution in [0.1, 0.15) is 26.3 Å². The Kier molecular flexibility index (Phi) is 5.40. The van der Waals surface area contributed by atoms with E-state index in [1.54, 1.807) is 13.2 Å². The molecule has 0 aromatic heterocycles. The van der Waals surface area contributed by atoms with E-state index >= 15 is 0 Å². The maximum Gasteiger partial charge on any atom is 0.162 e. The lowest BCUT2D eigenvalue weighted by molar-refractivity contribution is -0.0112. The Morgan fingerprint density at radius 2 is 1.95 bits per heavy atom. The number of rotatable bonds is 5. The average molecular weight is 272 g/mol. The molecule has 3 nitrogen and oxygen atoms in total. The van der Waals surface area contributed by atoms with Crippen molar-refractivity contribution in [2.45, 2.75) is 39.3 Å². The van der Waals surface area contributed by atoms with Crippen LogP contribution in [0.25, 0.3) is 0 Å².